The molecule has 0 saturated carbocycles. The molecule has 0 unspecified atom stereocenters. The molecular weight excluding hydrogens is 316 g/mol. The second-order valence-corrected chi connectivity index (χ2v) is 5.06. The summed E-state index contributed by atoms with van der Waals surface area (Å²) < 4.78 is 5.12. The van der Waals surface area contributed by atoms with E-state index in [2.05, 4.69) is 21.9 Å². The maximum atomic E-state index is 12.5. The number of para-hydroxylation sites is 1. The summed E-state index contributed by atoms with van der Waals surface area (Å²) in [6.45, 7) is 3.91. The van der Waals surface area contributed by atoms with Crippen molar-refractivity contribution in [2.45, 2.75) is 0 Å². The van der Waals surface area contributed by atoms with E-state index in [0.29, 0.717) is 11.4 Å². The Hall–Kier alpha value is -3.41. The molecule has 2 aromatic carbocycles. The van der Waals surface area contributed by atoms with Crippen molar-refractivity contribution in [3.8, 4) is 5.75 Å². The first-order chi connectivity index (χ1) is 12.0. The number of aliphatic imine (C=N–C) groups is 2. The van der Waals surface area contributed by atoms with Gasteiger partial charge in [0, 0.05) is 12.7 Å². The number of carbonyl (C=O) groups is 1. The average Bonchev–Trinajstić information content (AvgIpc) is 2.66. The van der Waals surface area contributed by atoms with Crippen LogP contribution in [0.25, 0.3) is 5.70 Å². The number of nitrogens with two attached hydrogens (primary N) is 1. The van der Waals surface area contributed by atoms with Gasteiger partial charge in [0.05, 0.1) is 12.8 Å². The number of carbonyl (C=O) groups excluding carboxylic acids is 1. The number of benzene rings is 2. The molecule has 6 heteroatoms. The summed E-state index contributed by atoms with van der Waals surface area (Å²) in [7, 11) is 3.09. The molecule has 0 saturated heterocycles. The lowest BCUT2D eigenvalue weighted by molar-refractivity contribution is -0.110. The third-order valence-electron chi connectivity index (χ3n) is 3.40. The lowest BCUT2D eigenvalue weighted by Gasteiger charge is -2.09. The Morgan fingerprint density at radius 2 is 1.76 bits per heavy atom. The number of hydrogen-bond donors (Lipinski definition) is 2. The topological polar surface area (TPSA) is 89.1 Å². The van der Waals surface area contributed by atoms with Gasteiger partial charge in [-0.05, 0) is 42.0 Å². The summed E-state index contributed by atoms with van der Waals surface area (Å²) in [4.78, 5) is 20.7. The highest BCUT2D eigenvalue weighted by Gasteiger charge is 2.16. The fraction of sp³-hybridized carbons (Fsp3) is 0.105. The van der Waals surface area contributed by atoms with E-state index >= 15 is 0 Å². The van der Waals surface area contributed by atoms with Gasteiger partial charge < -0.3 is 15.8 Å². The first-order valence-corrected chi connectivity index (χ1v) is 7.56. The van der Waals surface area contributed by atoms with E-state index in [1.54, 1.807) is 43.5 Å². The molecule has 6 nitrogen and oxygen atoms in total. The van der Waals surface area contributed by atoms with Crippen molar-refractivity contribution in [1.82, 2.24) is 0 Å². The van der Waals surface area contributed by atoms with Crippen LogP contribution in [0.1, 0.15) is 5.56 Å². The second-order valence-electron chi connectivity index (χ2n) is 5.06. The van der Waals surface area contributed by atoms with Gasteiger partial charge >= 0.3 is 0 Å². The summed E-state index contributed by atoms with van der Waals surface area (Å²) >= 11 is 0. The van der Waals surface area contributed by atoms with Crippen molar-refractivity contribution in [2.24, 2.45) is 15.7 Å². The van der Waals surface area contributed by atoms with Crippen molar-refractivity contribution in [3.63, 3.8) is 0 Å². The monoisotopic (exact) mass is 336 g/mol. The number of ether oxygens (including phenoxy) is 1. The first-order valence-electron chi connectivity index (χ1n) is 7.56. The fourth-order valence-electron chi connectivity index (χ4n) is 2.02. The molecule has 2 aromatic rings. The largest absolute Gasteiger partial charge is 0.497 e. The van der Waals surface area contributed by atoms with E-state index < -0.39 is 5.91 Å². The van der Waals surface area contributed by atoms with Crippen LogP contribution >= 0.6 is 0 Å². The lowest BCUT2D eigenvalue weighted by Crippen LogP contribution is -2.35. The number of methoxy groups -OCH3 is 1. The molecular formula is C19H20N4O2. The van der Waals surface area contributed by atoms with Gasteiger partial charge in [-0.1, -0.05) is 24.8 Å². The Kier molecular flexibility index (Phi) is 6.06. The Labute approximate surface area is 146 Å². The predicted molar refractivity (Wildman–Crippen MR) is 102 cm³/mol. The van der Waals surface area contributed by atoms with Crippen LogP contribution in [0.3, 0.4) is 0 Å². The maximum absolute atomic E-state index is 12.5. The van der Waals surface area contributed by atoms with E-state index in [-0.39, 0.29) is 11.5 Å². The summed E-state index contributed by atoms with van der Waals surface area (Å²) in [6, 6.07) is 16.2. The van der Waals surface area contributed by atoms with Gasteiger partial charge in [-0.25, -0.2) is 4.99 Å². The highest BCUT2D eigenvalue weighted by molar-refractivity contribution is 6.68. The summed E-state index contributed by atoms with van der Waals surface area (Å²) in [5.41, 5.74) is 7.63. The van der Waals surface area contributed by atoms with Gasteiger partial charge in [0.25, 0.3) is 5.91 Å². The minimum absolute atomic E-state index is 0.00664. The summed E-state index contributed by atoms with van der Waals surface area (Å²) in [5.74, 6) is 0.296. The lowest BCUT2D eigenvalue weighted by atomic mass is 10.1. The Bertz CT molecular complexity index is 809. The molecule has 0 heterocycles. The highest BCUT2D eigenvalue weighted by atomic mass is 16.5. The molecule has 0 spiro atoms. The molecule has 0 bridgehead atoms. The molecule has 0 atom stereocenters. The van der Waals surface area contributed by atoms with Crippen LogP contribution in [0.4, 0.5) is 5.69 Å². The quantitative estimate of drug-likeness (QED) is 0.628. The number of nitrogens with zero attached hydrogens (tertiary/aromatic N) is 2. The van der Waals surface area contributed by atoms with Crippen LogP contribution in [0.2, 0.25) is 0 Å². The molecule has 3 N–H and O–H groups in total. The van der Waals surface area contributed by atoms with Gasteiger partial charge in [-0.15, -0.1) is 0 Å². The molecule has 0 aliphatic carbocycles. The summed E-state index contributed by atoms with van der Waals surface area (Å²) in [5, 5.41) is 2.74. The smallest absolute Gasteiger partial charge is 0.278 e. The van der Waals surface area contributed by atoms with Gasteiger partial charge in [-0.2, -0.15) is 0 Å². The standard InChI is InChI=1S/C19H20N4O2/c1-13(14-9-11-16(25-3)12-10-14)22-17(18(20)21-2)19(24)23-15-7-5-4-6-8-15/h4-12H,1H2,2-3H3,(H2,20,21)(H,23,24). The minimum atomic E-state index is -0.455. The SMILES string of the molecule is C=C(N=C(C(=O)Nc1ccccc1)C(N)=NC)c1ccc(OC)cc1. The average molecular weight is 336 g/mol. The molecule has 0 fully saturated rings. The van der Waals surface area contributed by atoms with E-state index in [1.165, 1.54) is 7.05 Å². The van der Waals surface area contributed by atoms with Gasteiger partial charge in [0.1, 0.15) is 11.6 Å². The Morgan fingerprint density at radius 1 is 1.12 bits per heavy atom. The zero-order valence-corrected chi connectivity index (χ0v) is 14.2. The molecule has 0 aromatic heterocycles. The normalized spacial score (nSPS) is 11.8. The van der Waals surface area contributed by atoms with Crippen LogP contribution in [-0.2, 0) is 4.79 Å². The Balaban J connectivity index is 2.27. The number of amides is 1. The van der Waals surface area contributed by atoms with Crippen LogP contribution in [0, 0.1) is 0 Å². The van der Waals surface area contributed by atoms with E-state index in [9.17, 15) is 4.79 Å². The number of nitrogens with one attached hydrogen (secondary N) is 1. The van der Waals surface area contributed by atoms with Gasteiger partial charge in [-0.3, -0.25) is 9.79 Å². The van der Waals surface area contributed by atoms with Gasteiger partial charge in [0.15, 0.2) is 5.71 Å². The molecule has 0 aliphatic rings. The predicted octanol–water partition coefficient (Wildman–Crippen LogP) is 2.73. The van der Waals surface area contributed by atoms with E-state index in [0.717, 1.165) is 11.3 Å². The third-order valence-corrected chi connectivity index (χ3v) is 3.40. The zero-order valence-electron chi connectivity index (χ0n) is 14.2. The molecule has 1 amide bonds. The van der Waals surface area contributed by atoms with E-state index in [1.807, 2.05) is 18.2 Å². The van der Waals surface area contributed by atoms with Gasteiger partial charge in [0.2, 0.25) is 0 Å². The fourth-order valence-corrected chi connectivity index (χ4v) is 2.02. The van der Waals surface area contributed by atoms with Crippen molar-refractivity contribution in [3.05, 3.63) is 66.7 Å². The van der Waals surface area contributed by atoms with Crippen LogP contribution in [0.15, 0.2) is 71.2 Å². The zero-order chi connectivity index (χ0) is 18.2. The van der Waals surface area contributed by atoms with E-state index in [4.69, 9.17) is 10.5 Å². The molecule has 25 heavy (non-hydrogen) atoms. The number of amidine groups is 1. The number of rotatable bonds is 6. The Morgan fingerprint density at radius 3 is 2.32 bits per heavy atom. The first kappa shape index (κ1) is 17.9. The maximum Gasteiger partial charge on any atom is 0.278 e. The third kappa shape index (κ3) is 4.78. The summed E-state index contributed by atoms with van der Waals surface area (Å²) in [6.07, 6.45) is 0. The van der Waals surface area contributed by atoms with Crippen LogP contribution in [-0.4, -0.2) is 31.6 Å². The number of hydrogen-bond acceptors (Lipinski definition) is 4. The molecule has 128 valence electrons. The molecule has 0 aliphatic heterocycles. The minimum Gasteiger partial charge on any atom is -0.497 e. The van der Waals surface area contributed by atoms with Crippen molar-refractivity contribution in [1.29, 1.82) is 0 Å². The van der Waals surface area contributed by atoms with Crippen molar-refractivity contribution < 1.29 is 9.53 Å². The van der Waals surface area contributed by atoms with Crippen LogP contribution in [0.5, 0.6) is 5.75 Å². The van der Waals surface area contributed by atoms with Crippen molar-refractivity contribution >= 4 is 28.8 Å². The molecule has 2 rings (SSSR count). The second kappa shape index (κ2) is 8.44. The molecule has 0 radical (unpaired) electrons. The van der Waals surface area contributed by atoms with Crippen molar-refractivity contribution in [2.75, 3.05) is 19.5 Å². The van der Waals surface area contributed by atoms with Crippen LogP contribution < -0.4 is 15.8 Å². The highest BCUT2D eigenvalue weighted by Crippen LogP contribution is 2.18. The number of anilines is 1.